The minimum atomic E-state index is -1.16. The monoisotopic (exact) mass is 376 g/mol. The summed E-state index contributed by atoms with van der Waals surface area (Å²) in [5.74, 6) is 0.681. The number of nitriles is 1. The van der Waals surface area contributed by atoms with Gasteiger partial charge in [0.25, 0.3) is 0 Å². The number of aliphatic imine (C=N–C) groups is 1. The molecule has 0 saturated heterocycles. The molecule has 1 aliphatic rings. The summed E-state index contributed by atoms with van der Waals surface area (Å²) in [5, 5.41) is 9.53. The Labute approximate surface area is 159 Å². The van der Waals surface area contributed by atoms with E-state index < -0.39 is 16.8 Å². The molecule has 7 heteroatoms. The fourth-order valence-corrected chi connectivity index (χ4v) is 2.90. The number of methoxy groups -OCH3 is 2. The van der Waals surface area contributed by atoms with E-state index in [4.69, 9.17) is 14.2 Å². The number of esters is 1. The van der Waals surface area contributed by atoms with E-state index in [0.717, 1.165) is 17.5 Å². The number of benzene rings is 1. The topological polar surface area (TPSA) is 80.9 Å². The normalized spacial score (nSPS) is 19.3. The molecule has 2 rings (SSSR count). The fraction of sp³-hybridized carbons (Fsp3) is 0.526. The predicted molar refractivity (Wildman–Crippen MR) is 102 cm³/mol. The summed E-state index contributed by atoms with van der Waals surface area (Å²) in [6, 6.07) is 5.01. The zero-order valence-corrected chi connectivity index (χ0v) is 16.6. The van der Waals surface area contributed by atoms with Crippen LogP contribution in [0.3, 0.4) is 0 Å². The van der Waals surface area contributed by atoms with Crippen LogP contribution in [0.1, 0.15) is 38.3 Å². The van der Waals surface area contributed by atoms with Gasteiger partial charge in [-0.25, -0.2) is 4.79 Å². The highest BCUT2D eigenvalue weighted by molar-refractivity contribution is 7.83. The molecule has 1 heterocycles. The molecule has 0 radical (unpaired) electrons. The summed E-state index contributed by atoms with van der Waals surface area (Å²) in [4.78, 5) is 17.1. The number of carbonyl (C=O) groups excluding carboxylic acids is 1. The van der Waals surface area contributed by atoms with Crippen LogP contribution in [0.25, 0.3) is 0 Å². The third kappa shape index (κ3) is 3.96. The van der Waals surface area contributed by atoms with Crippen LogP contribution in [0, 0.1) is 11.3 Å². The summed E-state index contributed by atoms with van der Waals surface area (Å²) in [5.41, 5.74) is 2.00. The lowest BCUT2D eigenvalue weighted by molar-refractivity contribution is -0.149. The predicted octanol–water partition coefficient (Wildman–Crippen LogP) is 2.97. The average molecular weight is 376 g/mol. The maximum absolute atomic E-state index is 12.5. The van der Waals surface area contributed by atoms with E-state index in [1.165, 1.54) is 0 Å². The van der Waals surface area contributed by atoms with E-state index in [0.29, 0.717) is 23.6 Å². The molecule has 1 aliphatic heterocycles. The largest absolute Gasteiger partial charge is 0.493 e. The van der Waals surface area contributed by atoms with Crippen LogP contribution in [-0.2, 0) is 16.0 Å². The number of nitrogens with zero attached hydrogens (tertiary/aromatic N) is 2. The maximum Gasteiger partial charge on any atom is 0.331 e. The van der Waals surface area contributed by atoms with Crippen LogP contribution < -0.4 is 9.47 Å². The number of hydrogen-bond acceptors (Lipinski definition) is 7. The van der Waals surface area contributed by atoms with Crippen molar-refractivity contribution in [3.05, 3.63) is 23.3 Å². The van der Waals surface area contributed by atoms with Crippen LogP contribution in [-0.4, -0.2) is 42.8 Å². The number of rotatable bonds is 6. The highest BCUT2D eigenvalue weighted by atomic mass is 32.1. The first-order chi connectivity index (χ1) is 12.3. The highest BCUT2D eigenvalue weighted by Crippen LogP contribution is 2.36. The van der Waals surface area contributed by atoms with Gasteiger partial charge in [-0.05, 0) is 38.0 Å². The van der Waals surface area contributed by atoms with Gasteiger partial charge in [-0.3, -0.25) is 4.99 Å². The first-order valence-electron chi connectivity index (χ1n) is 8.45. The number of hydrogen-bond donors (Lipinski definition) is 1. The van der Waals surface area contributed by atoms with E-state index in [1.54, 1.807) is 27.2 Å². The van der Waals surface area contributed by atoms with Crippen molar-refractivity contribution in [1.29, 1.82) is 5.26 Å². The molecule has 0 fully saturated rings. The van der Waals surface area contributed by atoms with Gasteiger partial charge >= 0.3 is 5.97 Å². The number of thiol groups is 1. The van der Waals surface area contributed by atoms with Gasteiger partial charge in [-0.15, -0.1) is 0 Å². The van der Waals surface area contributed by atoms with E-state index in [9.17, 15) is 10.1 Å². The molecular formula is C19H24N2O4S. The first-order valence-corrected chi connectivity index (χ1v) is 8.89. The van der Waals surface area contributed by atoms with Gasteiger partial charge < -0.3 is 14.2 Å². The van der Waals surface area contributed by atoms with Crippen molar-refractivity contribution in [3.63, 3.8) is 0 Å². The van der Waals surface area contributed by atoms with Crippen LogP contribution in [0.4, 0.5) is 0 Å². The molecule has 0 bridgehead atoms. The highest BCUT2D eigenvalue weighted by Gasteiger charge is 2.37. The van der Waals surface area contributed by atoms with E-state index in [2.05, 4.69) is 23.7 Å². The lowest BCUT2D eigenvalue weighted by atomic mass is 9.87. The minimum absolute atomic E-state index is 0.189. The second kappa shape index (κ2) is 8.00. The first kappa shape index (κ1) is 20.1. The molecule has 1 aromatic carbocycles. The molecule has 0 N–H and O–H groups in total. The Morgan fingerprint density at radius 2 is 2.04 bits per heavy atom. The van der Waals surface area contributed by atoms with Crippen molar-refractivity contribution < 1.29 is 19.0 Å². The van der Waals surface area contributed by atoms with Gasteiger partial charge in [0.15, 0.2) is 17.5 Å². The number of fused-ring (bicyclic) bond motifs is 1. The van der Waals surface area contributed by atoms with Gasteiger partial charge in [0.2, 0.25) is 0 Å². The standard InChI is InChI=1S/C19H24N2O4S/c1-6-11(2)25-18(22)14-7-12-8-15(23-4)16(24-5)9-13(12)17(21-14)19(3,26)10-20/h8-9,11,14,26H,6-7H2,1-5H3. The lowest BCUT2D eigenvalue weighted by Crippen LogP contribution is -2.38. The summed E-state index contributed by atoms with van der Waals surface area (Å²) < 4.78 is 15.0. The summed E-state index contributed by atoms with van der Waals surface area (Å²) in [6.45, 7) is 5.43. The summed E-state index contributed by atoms with van der Waals surface area (Å²) in [7, 11) is 3.09. The van der Waals surface area contributed by atoms with Gasteiger partial charge in [0.05, 0.1) is 32.1 Å². The van der Waals surface area contributed by atoms with E-state index >= 15 is 0 Å². The third-order valence-corrected chi connectivity index (χ3v) is 4.72. The zero-order valence-electron chi connectivity index (χ0n) is 15.7. The van der Waals surface area contributed by atoms with Crippen LogP contribution in [0.5, 0.6) is 11.5 Å². The van der Waals surface area contributed by atoms with E-state index in [1.807, 2.05) is 19.9 Å². The maximum atomic E-state index is 12.5. The molecule has 140 valence electrons. The lowest BCUT2D eigenvalue weighted by Gasteiger charge is -2.29. The molecule has 0 aliphatic carbocycles. The Bertz CT molecular complexity index is 768. The molecule has 26 heavy (non-hydrogen) atoms. The summed E-state index contributed by atoms with van der Waals surface area (Å²) >= 11 is 4.45. The van der Waals surface area contributed by atoms with Crippen molar-refractivity contribution in [1.82, 2.24) is 0 Å². The average Bonchev–Trinajstić information content (AvgIpc) is 2.65. The fourth-order valence-electron chi connectivity index (χ4n) is 2.73. The molecule has 0 spiro atoms. The van der Waals surface area contributed by atoms with Crippen LogP contribution >= 0.6 is 12.6 Å². The molecule has 3 atom stereocenters. The summed E-state index contributed by atoms with van der Waals surface area (Å²) in [6.07, 6.45) is 0.898. The Morgan fingerprint density at radius 3 is 2.58 bits per heavy atom. The van der Waals surface area contributed by atoms with Gasteiger partial charge in [0.1, 0.15) is 4.75 Å². The van der Waals surface area contributed by atoms with Crippen molar-refractivity contribution >= 4 is 24.3 Å². The molecular weight excluding hydrogens is 352 g/mol. The molecule has 0 aromatic heterocycles. The Morgan fingerprint density at radius 1 is 1.42 bits per heavy atom. The van der Waals surface area contributed by atoms with Gasteiger partial charge in [0, 0.05) is 12.0 Å². The Hall–Kier alpha value is -2.20. The second-order valence-electron chi connectivity index (χ2n) is 6.40. The SMILES string of the molecule is CCC(C)OC(=O)C1Cc2cc(OC)c(OC)cc2C(C(C)(S)C#N)=N1. The molecule has 0 amide bonds. The number of ether oxygens (including phenoxy) is 3. The van der Waals surface area contributed by atoms with Crippen molar-refractivity contribution in [3.8, 4) is 17.6 Å². The second-order valence-corrected chi connectivity index (χ2v) is 7.30. The molecule has 6 nitrogen and oxygen atoms in total. The third-order valence-electron chi connectivity index (χ3n) is 4.41. The van der Waals surface area contributed by atoms with Crippen molar-refractivity contribution in [2.45, 2.75) is 50.5 Å². The molecule has 1 aromatic rings. The molecule has 3 unspecified atom stereocenters. The molecule has 0 saturated carbocycles. The van der Waals surface area contributed by atoms with Gasteiger partial charge in [-0.1, -0.05) is 6.92 Å². The zero-order chi connectivity index (χ0) is 19.5. The van der Waals surface area contributed by atoms with Gasteiger partial charge in [-0.2, -0.15) is 17.9 Å². The van der Waals surface area contributed by atoms with Crippen molar-refractivity contribution in [2.75, 3.05) is 14.2 Å². The van der Waals surface area contributed by atoms with E-state index in [-0.39, 0.29) is 6.10 Å². The minimum Gasteiger partial charge on any atom is -0.493 e. The Balaban J connectivity index is 2.54. The quantitative estimate of drug-likeness (QED) is 0.610. The van der Waals surface area contributed by atoms with Crippen LogP contribution in [0.15, 0.2) is 17.1 Å². The van der Waals surface area contributed by atoms with Crippen LogP contribution in [0.2, 0.25) is 0 Å². The smallest absolute Gasteiger partial charge is 0.331 e. The Kier molecular flexibility index (Phi) is 6.19. The van der Waals surface area contributed by atoms with Crippen molar-refractivity contribution in [2.24, 2.45) is 4.99 Å². The number of carbonyl (C=O) groups is 1.